The molecule has 0 spiro atoms. The van der Waals surface area contributed by atoms with Gasteiger partial charge in [0, 0.05) is 11.8 Å². The minimum Gasteiger partial charge on any atom is -0.326 e. The number of amides is 1. The molecule has 0 atom stereocenters. The molecule has 78 valence electrons. The van der Waals surface area contributed by atoms with Crippen LogP contribution in [-0.2, 0) is 4.79 Å². The van der Waals surface area contributed by atoms with Crippen LogP contribution in [0.3, 0.4) is 0 Å². The maximum atomic E-state index is 11.0. The van der Waals surface area contributed by atoms with Gasteiger partial charge in [0.2, 0.25) is 5.91 Å². The summed E-state index contributed by atoms with van der Waals surface area (Å²) in [7, 11) is 0. The molecule has 0 saturated carbocycles. The molecule has 0 aliphatic heterocycles. The van der Waals surface area contributed by atoms with Crippen molar-refractivity contribution in [3.8, 4) is 0 Å². The van der Waals surface area contributed by atoms with Crippen molar-refractivity contribution in [3.63, 3.8) is 0 Å². The van der Waals surface area contributed by atoms with Crippen LogP contribution in [-0.4, -0.2) is 5.91 Å². The van der Waals surface area contributed by atoms with E-state index < -0.39 is 0 Å². The number of anilines is 1. The van der Waals surface area contributed by atoms with Gasteiger partial charge in [-0.05, 0) is 31.0 Å². The number of hydrogen-bond donors (Lipinski definition) is 1. The summed E-state index contributed by atoms with van der Waals surface area (Å²) < 4.78 is 0. The fourth-order valence-corrected chi connectivity index (χ4v) is 1.41. The lowest BCUT2D eigenvalue weighted by molar-refractivity contribution is -0.114. The molecule has 0 bridgehead atoms. The summed E-state index contributed by atoms with van der Waals surface area (Å²) in [6.07, 6.45) is 0. The topological polar surface area (TPSA) is 77.9 Å². The van der Waals surface area contributed by atoms with Gasteiger partial charge in [0.05, 0.1) is 11.4 Å². The molecule has 0 aliphatic rings. The molecule has 1 rings (SSSR count). The Morgan fingerprint density at radius 3 is 2.67 bits per heavy atom. The number of aryl methyl sites for hydroxylation is 2. The van der Waals surface area contributed by atoms with E-state index in [1.165, 1.54) is 6.92 Å². The molecule has 15 heavy (non-hydrogen) atoms. The van der Waals surface area contributed by atoms with E-state index in [0.29, 0.717) is 11.4 Å². The second-order valence-electron chi connectivity index (χ2n) is 3.35. The van der Waals surface area contributed by atoms with Crippen LogP contribution >= 0.6 is 0 Å². The fourth-order valence-electron chi connectivity index (χ4n) is 1.41. The normalized spacial score (nSPS) is 9.27. The molecule has 0 saturated heterocycles. The second kappa shape index (κ2) is 4.48. The molecule has 1 aromatic rings. The van der Waals surface area contributed by atoms with Crippen molar-refractivity contribution < 1.29 is 4.79 Å². The maximum Gasteiger partial charge on any atom is 0.221 e. The molecule has 1 amide bonds. The Balaban J connectivity index is 3.32. The predicted octanol–water partition coefficient (Wildman–Crippen LogP) is 3.20. The molecule has 1 N–H and O–H groups in total. The lowest BCUT2D eigenvalue weighted by Gasteiger charge is -2.10. The van der Waals surface area contributed by atoms with Gasteiger partial charge in [0.25, 0.3) is 0 Å². The number of benzene rings is 1. The first-order chi connectivity index (χ1) is 7.04. The van der Waals surface area contributed by atoms with Crippen LogP contribution in [0.4, 0.5) is 11.4 Å². The van der Waals surface area contributed by atoms with Crippen molar-refractivity contribution >= 4 is 17.3 Å². The number of carbonyl (C=O) groups excluding carboxylic acids is 1. The van der Waals surface area contributed by atoms with Gasteiger partial charge in [-0.15, -0.1) is 0 Å². The highest BCUT2D eigenvalue weighted by Gasteiger charge is 2.06. The van der Waals surface area contributed by atoms with Crippen LogP contribution < -0.4 is 5.32 Å². The van der Waals surface area contributed by atoms with E-state index in [4.69, 9.17) is 5.53 Å². The van der Waals surface area contributed by atoms with Crippen molar-refractivity contribution in [2.24, 2.45) is 5.11 Å². The number of azide groups is 1. The zero-order chi connectivity index (χ0) is 11.4. The summed E-state index contributed by atoms with van der Waals surface area (Å²) in [6.45, 7) is 5.18. The van der Waals surface area contributed by atoms with Crippen molar-refractivity contribution in [1.82, 2.24) is 0 Å². The van der Waals surface area contributed by atoms with Crippen LogP contribution in [0, 0.1) is 13.8 Å². The Bertz CT molecular complexity index is 447. The number of carbonyl (C=O) groups is 1. The second-order valence-corrected chi connectivity index (χ2v) is 3.35. The van der Waals surface area contributed by atoms with E-state index in [1.807, 2.05) is 19.9 Å². The third-order valence-electron chi connectivity index (χ3n) is 1.91. The average Bonchev–Trinajstić information content (AvgIpc) is 2.11. The summed E-state index contributed by atoms with van der Waals surface area (Å²) in [4.78, 5) is 13.7. The highest BCUT2D eigenvalue weighted by Crippen LogP contribution is 2.30. The molecule has 1 aromatic carbocycles. The number of nitrogens with zero attached hydrogens (tertiary/aromatic N) is 3. The Morgan fingerprint density at radius 2 is 2.13 bits per heavy atom. The molecule has 0 fully saturated rings. The van der Waals surface area contributed by atoms with E-state index >= 15 is 0 Å². The minimum absolute atomic E-state index is 0.184. The molecule has 0 aromatic heterocycles. The SMILES string of the molecule is CC(=O)Nc1c(C)cc(C)cc1N=[N+]=[N-]. The predicted molar refractivity (Wildman–Crippen MR) is 59.0 cm³/mol. The van der Waals surface area contributed by atoms with Crippen molar-refractivity contribution in [3.05, 3.63) is 33.7 Å². The summed E-state index contributed by atoms with van der Waals surface area (Å²) >= 11 is 0. The van der Waals surface area contributed by atoms with E-state index in [9.17, 15) is 4.79 Å². The van der Waals surface area contributed by atoms with Crippen LogP contribution in [0.1, 0.15) is 18.1 Å². The number of rotatable bonds is 2. The van der Waals surface area contributed by atoms with Crippen LogP contribution in [0.25, 0.3) is 10.4 Å². The van der Waals surface area contributed by atoms with Gasteiger partial charge >= 0.3 is 0 Å². The van der Waals surface area contributed by atoms with E-state index in [0.717, 1.165) is 11.1 Å². The zero-order valence-electron chi connectivity index (χ0n) is 8.90. The Hall–Kier alpha value is -2.00. The molecular formula is C10H12N4O. The van der Waals surface area contributed by atoms with E-state index in [2.05, 4.69) is 15.3 Å². The van der Waals surface area contributed by atoms with Crippen molar-refractivity contribution in [1.29, 1.82) is 0 Å². The van der Waals surface area contributed by atoms with Gasteiger partial charge in [-0.3, -0.25) is 4.79 Å². The van der Waals surface area contributed by atoms with Crippen molar-refractivity contribution in [2.45, 2.75) is 20.8 Å². The third-order valence-corrected chi connectivity index (χ3v) is 1.91. The smallest absolute Gasteiger partial charge is 0.221 e. The Kier molecular flexibility index (Phi) is 3.31. The lowest BCUT2D eigenvalue weighted by atomic mass is 10.1. The quantitative estimate of drug-likeness (QED) is 0.448. The standard InChI is InChI=1S/C10H12N4O/c1-6-4-7(2)10(12-8(3)15)9(5-6)13-14-11/h4-5H,1-3H3,(H,12,15). The first kappa shape index (κ1) is 11.1. The van der Waals surface area contributed by atoms with E-state index in [-0.39, 0.29) is 5.91 Å². The monoisotopic (exact) mass is 204 g/mol. The minimum atomic E-state index is -0.184. The summed E-state index contributed by atoms with van der Waals surface area (Å²) in [5, 5.41) is 6.20. The van der Waals surface area contributed by atoms with Gasteiger partial charge < -0.3 is 5.32 Å². The number of nitrogens with one attached hydrogen (secondary N) is 1. The first-order valence-electron chi connectivity index (χ1n) is 4.48. The van der Waals surface area contributed by atoms with Crippen LogP contribution in [0.2, 0.25) is 0 Å². The molecule has 0 heterocycles. The van der Waals surface area contributed by atoms with Crippen molar-refractivity contribution in [2.75, 3.05) is 5.32 Å². The van der Waals surface area contributed by atoms with Gasteiger partial charge in [-0.1, -0.05) is 16.7 Å². The average molecular weight is 204 g/mol. The maximum absolute atomic E-state index is 11.0. The van der Waals surface area contributed by atoms with E-state index in [1.54, 1.807) is 6.07 Å². The van der Waals surface area contributed by atoms with Gasteiger partial charge in [-0.2, -0.15) is 0 Å². The molecule has 5 heteroatoms. The molecule has 5 nitrogen and oxygen atoms in total. The summed E-state index contributed by atoms with van der Waals surface area (Å²) in [6, 6.07) is 3.65. The fraction of sp³-hybridized carbons (Fsp3) is 0.300. The van der Waals surface area contributed by atoms with Gasteiger partial charge in [-0.25, -0.2) is 0 Å². The molecular weight excluding hydrogens is 192 g/mol. The first-order valence-corrected chi connectivity index (χ1v) is 4.48. The zero-order valence-corrected chi connectivity index (χ0v) is 8.90. The van der Waals surface area contributed by atoms with Crippen LogP contribution in [0.5, 0.6) is 0 Å². The molecule has 0 unspecified atom stereocenters. The third kappa shape index (κ3) is 2.72. The van der Waals surface area contributed by atoms with Crippen LogP contribution in [0.15, 0.2) is 17.2 Å². The summed E-state index contributed by atoms with van der Waals surface area (Å²) in [5.74, 6) is -0.184. The highest BCUT2D eigenvalue weighted by atomic mass is 16.1. The van der Waals surface area contributed by atoms with Gasteiger partial charge in [0.1, 0.15) is 0 Å². The molecule has 0 radical (unpaired) electrons. The Morgan fingerprint density at radius 1 is 1.47 bits per heavy atom. The summed E-state index contributed by atoms with van der Waals surface area (Å²) in [5.41, 5.74) is 11.3. The molecule has 0 aliphatic carbocycles. The Labute approximate surface area is 87.7 Å². The lowest BCUT2D eigenvalue weighted by Crippen LogP contribution is -2.07. The number of hydrogen-bond acceptors (Lipinski definition) is 2. The van der Waals surface area contributed by atoms with Gasteiger partial charge in [0.15, 0.2) is 0 Å². The largest absolute Gasteiger partial charge is 0.326 e. The highest BCUT2D eigenvalue weighted by molar-refractivity contribution is 5.93.